The zero-order valence-electron chi connectivity index (χ0n) is 10.8. The van der Waals surface area contributed by atoms with Crippen LogP contribution < -0.4 is 5.73 Å². The van der Waals surface area contributed by atoms with Crippen molar-refractivity contribution in [1.29, 1.82) is 0 Å². The number of pyridine rings is 1. The van der Waals surface area contributed by atoms with E-state index in [1.165, 1.54) is 11.8 Å². The number of nitrogens with zero attached hydrogens (tertiary/aromatic N) is 4. The molecule has 0 spiro atoms. The van der Waals surface area contributed by atoms with Gasteiger partial charge in [0.15, 0.2) is 11.0 Å². The van der Waals surface area contributed by atoms with Crippen LogP contribution in [0, 0.1) is 0 Å². The van der Waals surface area contributed by atoms with E-state index in [1.807, 2.05) is 16.7 Å². The lowest BCUT2D eigenvalue weighted by Crippen LogP contribution is -2.14. The van der Waals surface area contributed by atoms with Crippen LogP contribution in [0.5, 0.6) is 0 Å². The van der Waals surface area contributed by atoms with E-state index in [9.17, 15) is 4.79 Å². The summed E-state index contributed by atoms with van der Waals surface area (Å²) in [7, 11) is 0. The van der Waals surface area contributed by atoms with Gasteiger partial charge in [-0.05, 0) is 18.6 Å². The Morgan fingerprint density at radius 1 is 1.45 bits per heavy atom. The van der Waals surface area contributed by atoms with Crippen molar-refractivity contribution in [2.75, 3.05) is 12.4 Å². The molecule has 3 N–H and O–H groups in total. The number of primary amides is 1. The normalized spacial score (nSPS) is 10.7. The average Bonchev–Trinajstić information content (AvgIpc) is 2.86. The van der Waals surface area contributed by atoms with Gasteiger partial charge in [-0.3, -0.25) is 9.78 Å². The van der Waals surface area contributed by atoms with Crippen LogP contribution in [0.1, 0.15) is 6.42 Å². The van der Waals surface area contributed by atoms with Crippen molar-refractivity contribution in [2.45, 2.75) is 18.1 Å². The van der Waals surface area contributed by atoms with Crippen LogP contribution in [-0.4, -0.2) is 43.1 Å². The van der Waals surface area contributed by atoms with E-state index >= 15 is 0 Å². The number of rotatable bonds is 7. The summed E-state index contributed by atoms with van der Waals surface area (Å²) >= 11 is 1.23. The molecule has 0 saturated heterocycles. The Morgan fingerprint density at radius 3 is 2.95 bits per heavy atom. The Labute approximate surface area is 120 Å². The number of aliphatic hydroxyl groups is 1. The Bertz CT molecular complexity index is 572. The van der Waals surface area contributed by atoms with Gasteiger partial charge in [-0.25, -0.2) is 0 Å². The molecule has 0 aliphatic heterocycles. The van der Waals surface area contributed by atoms with Crippen molar-refractivity contribution in [3.05, 3.63) is 24.5 Å². The van der Waals surface area contributed by atoms with Gasteiger partial charge in [0.1, 0.15) is 0 Å². The Kier molecular flexibility index (Phi) is 5.08. The lowest BCUT2D eigenvalue weighted by atomic mass is 10.2. The molecule has 1 amide bonds. The van der Waals surface area contributed by atoms with Gasteiger partial charge in [-0.2, -0.15) is 0 Å². The van der Waals surface area contributed by atoms with E-state index in [2.05, 4.69) is 15.2 Å². The highest BCUT2D eigenvalue weighted by Gasteiger charge is 2.14. The van der Waals surface area contributed by atoms with Gasteiger partial charge in [0.05, 0.1) is 5.75 Å². The van der Waals surface area contributed by atoms with E-state index in [-0.39, 0.29) is 12.4 Å². The number of amides is 1. The monoisotopic (exact) mass is 293 g/mol. The predicted molar refractivity (Wildman–Crippen MR) is 74.9 cm³/mol. The number of nitrogens with two attached hydrogens (primary N) is 1. The molecule has 0 aliphatic carbocycles. The summed E-state index contributed by atoms with van der Waals surface area (Å²) in [4.78, 5) is 14.9. The molecule has 2 aromatic rings. The summed E-state index contributed by atoms with van der Waals surface area (Å²) in [6, 6.07) is 3.70. The standard InChI is InChI=1S/C12H15N5O2S/c13-10(19)8-20-12-16-15-11(17(12)5-2-6-18)9-3-1-4-14-7-9/h1,3-4,7,18H,2,5-6,8H2,(H2,13,19). The lowest BCUT2D eigenvalue weighted by molar-refractivity contribution is -0.115. The Morgan fingerprint density at radius 2 is 2.30 bits per heavy atom. The maximum absolute atomic E-state index is 10.9. The van der Waals surface area contributed by atoms with Gasteiger partial charge < -0.3 is 15.4 Å². The number of aromatic nitrogens is 4. The minimum absolute atomic E-state index is 0.0740. The van der Waals surface area contributed by atoms with Gasteiger partial charge in [0.25, 0.3) is 0 Å². The summed E-state index contributed by atoms with van der Waals surface area (Å²) in [5, 5.41) is 17.8. The number of carbonyl (C=O) groups excluding carboxylic acids is 1. The second-order valence-corrected chi connectivity index (χ2v) is 4.97. The SMILES string of the molecule is NC(=O)CSc1nnc(-c2cccnc2)n1CCCO. The lowest BCUT2D eigenvalue weighted by Gasteiger charge is -2.08. The maximum Gasteiger partial charge on any atom is 0.227 e. The fourth-order valence-electron chi connectivity index (χ4n) is 1.67. The van der Waals surface area contributed by atoms with Crippen LogP contribution >= 0.6 is 11.8 Å². The molecule has 7 nitrogen and oxygen atoms in total. The smallest absolute Gasteiger partial charge is 0.227 e. The molecule has 20 heavy (non-hydrogen) atoms. The van der Waals surface area contributed by atoms with Crippen LogP contribution in [0.3, 0.4) is 0 Å². The van der Waals surface area contributed by atoms with E-state index in [4.69, 9.17) is 10.8 Å². The second-order valence-electron chi connectivity index (χ2n) is 4.03. The maximum atomic E-state index is 10.9. The van der Waals surface area contributed by atoms with E-state index in [1.54, 1.807) is 12.4 Å². The molecule has 0 atom stereocenters. The molecule has 0 unspecified atom stereocenters. The first-order valence-corrected chi connectivity index (χ1v) is 7.06. The molecular formula is C12H15N5O2S. The Hall–Kier alpha value is -1.93. The van der Waals surface area contributed by atoms with E-state index in [0.717, 1.165) is 5.56 Å². The van der Waals surface area contributed by atoms with Crippen LogP contribution in [-0.2, 0) is 11.3 Å². The van der Waals surface area contributed by atoms with Crippen LogP contribution in [0.25, 0.3) is 11.4 Å². The molecule has 0 saturated carbocycles. The first-order chi connectivity index (χ1) is 9.72. The van der Waals surface area contributed by atoms with Crippen LogP contribution in [0.15, 0.2) is 29.7 Å². The van der Waals surface area contributed by atoms with Gasteiger partial charge >= 0.3 is 0 Å². The molecule has 2 aromatic heterocycles. The molecule has 0 radical (unpaired) electrons. The predicted octanol–water partition coefficient (Wildman–Crippen LogP) is 0.300. The molecular weight excluding hydrogens is 278 g/mol. The third-order valence-electron chi connectivity index (χ3n) is 2.52. The van der Waals surface area contributed by atoms with Crippen molar-refractivity contribution in [2.24, 2.45) is 5.73 Å². The highest BCUT2D eigenvalue weighted by atomic mass is 32.2. The molecule has 0 fully saturated rings. The number of thioether (sulfide) groups is 1. The topological polar surface area (TPSA) is 107 Å². The van der Waals surface area contributed by atoms with Gasteiger partial charge in [-0.15, -0.1) is 10.2 Å². The first kappa shape index (κ1) is 14.5. The summed E-state index contributed by atoms with van der Waals surface area (Å²) < 4.78 is 1.86. The average molecular weight is 293 g/mol. The summed E-state index contributed by atoms with van der Waals surface area (Å²) in [5.41, 5.74) is 5.98. The van der Waals surface area contributed by atoms with Crippen molar-refractivity contribution < 1.29 is 9.90 Å². The molecule has 0 aromatic carbocycles. The minimum atomic E-state index is -0.408. The van der Waals surface area contributed by atoms with E-state index in [0.29, 0.717) is 23.9 Å². The summed E-state index contributed by atoms with van der Waals surface area (Å²) in [5.74, 6) is 0.401. The zero-order valence-corrected chi connectivity index (χ0v) is 11.6. The number of aliphatic hydroxyl groups excluding tert-OH is 1. The van der Waals surface area contributed by atoms with Crippen molar-refractivity contribution >= 4 is 17.7 Å². The fourth-order valence-corrected chi connectivity index (χ4v) is 2.37. The molecule has 0 aliphatic rings. The largest absolute Gasteiger partial charge is 0.396 e. The highest BCUT2D eigenvalue weighted by Crippen LogP contribution is 2.23. The number of carbonyl (C=O) groups is 1. The molecule has 8 heteroatoms. The van der Waals surface area contributed by atoms with Crippen LogP contribution in [0.2, 0.25) is 0 Å². The fraction of sp³-hybridized carbons (Fsp3) is 0.333. The van der Waals surface area contributed by atoms with Gasteiger partial charge in [0.2, 0.25) is 5.91 Å². The van der Waals surface area contributed by atoms with Crippen molar-refractivity contribution in [3.8, 4) is 11.4 Å². The minimum Gasteiger partial charge on any atom is -0.396 e. The third kappa shape index (κ3) is 3.55. The Balaban J connectivity index is 2.29. The second kappa shape index (κ2) is 7.01. The number of hydrogen-bond acceptors (Lipinski definition) is 6. The van der Waals surface area contributed by atoms with Gasteiger partial charge in [-0.1, -0.05) is 11.8 Å². The third-order valence-corrected chi connectivity index (χ3v) is 3.51. The van der Waals surface area contributed by atoms with E-state index < -0.39 is 5.91 Å². The molecule has 0 bridgehead atoms. The molecule has 2 heterocycles. The summed E-state index contributed by atoms with van der Waals surface area (Å²) in [6.07, 6.45) is 3.96. The quantitative estimate of drug-likeness (QED) is 0.711. The first-order valence-electron chi connectivity index (χ1n) is 6.08. The summed E-state index contributed by atoms with van der Waals surface area (Å²) in [6.45, 7) is 0.638. The molecule has 2 rings (SSSR count). The zero-order chi connectivity index (χ0) is 14.4. The highest BCUT2D eigenvalue weighted by molar-refractivity contribution is 7.99. The number of hydrogen-bond donors (Lipinski definition) is 2. The van der Waals surface area contributed by atoms with Crippen LogP contribution in [0.4, 0.5) is 0 Å². The van der Waals surface area contributed by atoms with Crippen molar-refractivity contribution in [1.82, 2.24) is 19.7 Å². The van der Waals surface area contributed by atoms with Gasteiger partial charge in [0, 0.05) is 31.1 Å². The molecule has 106 valence electrons. The van der Waals surface area contributed by atoms with Crippen molar-refractivity contribution in [3.63, 3.8) is 0 Å².